The topological polar surface area (TPSA) is 61.8 Å². The smallest absolute Gasteiger partial charge is 0.321 e. The number of anilines is 1. The zero-order valence-corrected chi connectivity index (χ0v) is 11.4. The summed E-state index contributed by atoms with van der Waals surface area (Å²) in [6, 6.07) is 3.77. The monoisotopic (exact) mass is 290 g/mol. The number of carbonyl (C=O) groups excluding carboxylic acids is 1. The van der Waals surface area contributed by atoms with Crippen LogP contribution in [0.1, 0.15) is 0 Å². The molecule has 0 saturated heterocycles. The number of likely N-dealkylation sites (N-methyl/N-ethyl adjacent to an activating group) is 1. The van der Waals surface area contributed by atoms with Gasteiger partial charge in [0, 0.05) is 14.2 Å². The van der Waals surface area contributed by atoms with Crippen LogP contribution >= 0.6 is 11.6 Å². The van der Waals surface area contributed by atoms with Crippen LogP contribution in [0.15, 0.2) is 18.2 Å². The molecule has 106 valence electrons. The molecular formula is C12H16ClFN2O3. The number of ether oxygens (including phenoxy) is 1. The van der Waals surface area contributed by atoms with E-state index in [4.69, 9.17) is 16.3 Å². The number of nitrogens with one attached hydrogen (secondary N) is 1. The summed E-state index contributed by atoms with van der Waals surface area (Å²) in [7, 11) is 2.93. The van der Waals surface area contributed by atoms with Crippen LogP contribution in [-0.4, -0.2) is 49.5 Å². The normalized spacial score (nSPS) is 12.1. The van der Waals surface area contributed by atoms with E-state index in [1.807, 2.05) is 0 Å². The average molecular weight is 291 g/mol. The molecule has 0 aromatic heterocycles. The molecule has 0 heterocycles. The van der Waals surface area contributed by atoms with Crippen molar-refractivity contribution in [3.05, 3.63) is 29.0 Å². The number of hydrogen-bond donors (Lipinski definition) is 2. The molecule has 1 aromatic rings. The molecule has 0 radical (unpaired) electrons. The molecule has 0 aliphatic heterocycles. The molecule has 2 N–H and O–H groups in total. The van der Waals surface area contributed by atoms with Crippen LogP contribution in [0, 0.1) is 5.82 Å². The van der Waals surface area contributed by atoms with Crippen LogP contribution in [0.5, 0.6) is 0 Å². The quantitative estimate of drug-likeness (QED) is 0.871. The Labute approximate surface area is 115 Å². The highest BCUT2D eigenvalue weighted by Gasteiger charge is 2.15. The van der Waals surface area contributed by atoms with Crippen LogP contribution in [0.25, 0.3) is 0 Å². The van der Waals surface area contributed by atoms with Crippen LogP contribution in [0.4, 0.5) is 14.9 Å². The third-order valence-electron chi connectivity index (χ3n) is 2.38. The van der Waals surface area contributed by atoms with Gasteiger partial charge in [-0.05, 0) is 12.1 Å². The summed E-state index contributed by atoms with van der Waals surface area (Å²) in [5.41, 5.74) is -0.00872. The Morgan fingerprint density at radius 1 is 1.63 bits per heavy atom. The van der Waals surface area contributed by atoms with Gasteiger partial charge in [-0.25, -0.2) is 9.18 Å². The van der Waals surface area contributed by atoms with Crippen molar-refractivity contribution in [1.29, 1.82) is 0 Å². The van der Waals surface area contributed by atoms with E-state index in [-0.39, 0.29) is 23.9 Å². The Morgan fingerprint density at radius 2 is 2.32 bits per heavy atom. The van der Waals surface area contributed by atoms with Crippen LogP contribution in [0.2, 0.25) is 5.02 Å². The van der Waals surface area contributed by atoms with Gasteiger partial charge in [-0.2, -0.15) is 0 Å². The first-order valence-electron chi connectivity index (χ1n) is 5.58. The Kier molecular flexibility index (Phi) is 6.01. The summed E-state index contributed by atoms with van der Waals surface area (Å²) in [6.07, 6.45) is -0.801. The molecule has 0 bridgehead atoms. The minimum Gasteiger partial charge on any atom is -0.389 e. The summed E-state index contributed by atoms with van der Waals surface area (Å²) in [5.74, 6) is -0.691. The standard InChI is InChI=1S/C12H16ClFN2O3/c1-16(6-8(17)7-19-2)12(18)15-10-5-3-4-9(13)11(10)14/h3-5,8,17H,6-7H2,1-2H3,(H,15,18). The molecule has 1 atom stereocenters. The van der Waals surface area contributed by atoms with Gasteiger partial charge in [0.25, 0.3) is 0 Å². The number of benzene rings is 1. The van der Waals surface area contributed by atoms with Crippen molar-refractivity contribution in [1.82, 2.24) is 4.90 Å². The number of aliphatic hydroxyl groups is 1. The third kappa shape index (κ3) is 4.66. The van der Waals surface area contributed by atoms with Crippen molar-refractivity contribution in [2.75, 3.05) is 32.6 Å². The molecule has 1 unspecified atom stereocenters. The molecule has 1 rings (SSSR count). The molecule has 0 aliphatic rings. The molecule has 7 heteroatoms. The lowest BCUT2D eigenvalue weighted by Gasteiger charge is -2.21. The molecule has 1 aromatic carbocycles. The number of urea groups is 1. The SMILES string of the molecule is COCC(O)CN(C)C(=O)Nc1cccc(Cl)c1F. The molecule has 19 heavy (non-hydrogen) atoms. The number of rotatable bonds is 5. The number of methoxy groups -OCH3 is 1. The van der Waals surface area contributed by atoms with Gasteiger partial charge < -0.3 is 20.1 Å². The first-order chi connectivity index (χ1) is 8.95. The maximum absolute atomic E-state index is 13.6. The van der Waals surface area contributed by atoms with E-state index >= 15 is 0 Å². The lowest BCUT2D eigenvalue weighted by atomic mass is 10.3. The van der Waals surface area contributed by atoms with E-state index in [2.05, 4.69) is 5.32 Å². The second-order valence-electron chi connectivity index (χ2n) is 4.02. The molecule has 0 fully saturated rings. The van der Waals surface area contributed by atoms with E-state index in [1.54, 1.807) is 0 Å². The van der Waals surface area contributed by atoms with Gasteiger partial charge in [0.05, 0.1) is 30.0 Å². The number of nitrogens with zero attached hydrogens (tertiary/aromatic N) is 1. The first-order valence-corrected chi connectivity index (χ1v) is 5.96. The molecular weight excluding hydrogens is 275 g/mol. The predicted molar refractivity (Wildman–Crippen MR) is 70.9 cm³/mol. The Balaban J connectivity index is 2.61. The van der Waals surface area contributed by atoms with E-state index < -0.39 is 18.0 Å². The summed E-state index contributed by atoms with van der Waals surface area (Å²) in [4.78, 5) is 13.0. The fourth-order valence-electron chi connectivity index (χ4n) is 1.46. The van der Waals surface area contributed by atoms with E-state index in [1.165, 1.54) is 37.3 Å². The van der Waals surface area contributed by atoms with Crippen LogP contribution < -0.4 is 5.32 Å². The van der Waals surface area contributed by atoms with Gasteiger partial charge >= 0.3 is 6.03 Å². The van der Waals surface area contributed by atoms with Crippen molar-refractivity contribution in [3.63, 3.8) is 0 Å². The summed E-state index contributed by atoms with van der Waals surface area (Å²) >= 11 is 5.61. The van der Waals surface area contributed by atoms with Crippen molar-refractivity contribution in [2.45, 2.75) is 6.10 Å². The van der Waals surface area contributed by atoms with E-state index in [0.29, 0.717) is 0 Å². The Morgan fingerprint density at radius 3 is 2.95 bits per heavy atom. The van der Waals surface area contributed by atoms with Gasteiger partial charge in [0.2, 0.25) is 0 Å². The Bertz CT molecular complexity index is 445. The molecule has 0 aliphatic carbocycles. The minimum atomic E-state index is -0.801. The number of hydrogen-bond acceptors (Lipinski definition) is 3. The highest BCUT2D eigenvalue weighted by Crippen LogP contribution is 2.22. The van der Waals surface area contributed by atoms with Crippen LogP contribution in [0.3, 0.4) is 0 Å². The van der Waals surface area contributed by atoms with Crippen molar-refractivity contribution < 1.29 is 19.0 Å². The van der Waals surface area contributed by atoms with E-state index in [0.717, 1.165) is 0 Å². The van der Waals surface area contributed by atoms with Crippen LogP contribution in [-0.2, 0) is 4.74 Å². The van der Waals surface area contributed by atoms with Crippen molar-refractivity contribution >= 4 is 23.3 Å². The summed E-state index contributed by atoms with van der Waals surface area (Å²) in [5, 5.41) is 11.8. The molecule has 0 saturated carbocycles. The zero-order chi connectivity index (χ0) is 14.4. The van der Waals surface area contributed by atoms with Gasteiger partial charge in [-0.3, -0.25) is 0 Å². The molecule has 2 amide bonds. The number of carbonyl (C=O) groups is 1. The molecule has 5 nitrogen and oxygen atoms in total. The maximum atomic E-state index is 13.6. The highest BCUT2D eigenvalue weighted by molar-refractivity contribution is 6.31. The summed E-state index contributed by atoms with van der Waals surface area (Å²) < 4.78 is 18.3. The third-order valence-corrected chi connectivity index (χ3v) is 2.68. The lowest BCUT2D eigenvalue weighted by Crippen LogP contribution is -2.38. The summed E-state index contributed by atoms with van der Waals surface area (Å²) in [6.45, 7) is 0.186. The van der Waals surface area contributed by atoms with E-state index in [9.17, 15) is 14.3 Å². The highest BCUT2D eigenvalue weighted by atomic mass is 35.5. The molecule has 0 spiro atoms. The second-order valence-corrected chi connectivity index (χ2v) is 4.43. The second kappa shape index (κ2) is 7.28. The van der Waals surface area contributed by atoms with Gasteiger partial charge in [-0.1, -0.05) is 17.7 Å². The minimum absolute atomic E-state index is 0.00872. The first kappa shape index (κ1) is 15.7. The zero-order valence-electron chi connectivity index (χ0n) is 10.7. The van der Waals surface area contributed by atoms with Crippen molar-refractivity contribution in [3.8, 4) is 0 Å². The van der Waals surface area contributed by atoms with Gasteiger partial charge in [0.15, 0.2) is 5.82 Å². The van der Waals surface area contributed by atoms with Gasteiger partial charge in [0.1, 0.15) is 0 Å². The maximum Gasteiger partial charge on any atom is 0.321 e. The van der Waals surface area contributed by atoms with Gasteiger partial charge in [-0.15, -0.1) is 0 Å². The lowest BCUT2D eigenvalue weighted by molar-refractivity contribution is 0.0501. The predicted octanol–water partition coefficient (Wildman–Crippen LogP) is 1.95. The fraction of sp³-hybridized carbons (Fsp3) is 0.417. The largest absolute Gasteiger partial charge is 0.389 e. The fourth-order valence-corrected chi connectivity index (χ4v) is 1.63. The van der Waals surface area contributed by atoms with Crippen molar-refractivity contribution in [2.24, 2.45) is 0 Å². The average Bonchev–Trinajstić information content (AvgIpc) is 2.35. The number of amides is 2. The number of aliphatic hydroxyl groups excluding tert-OH is 1. The number of halogens is 2. The Hall–Kier alpha value is -1.37.